The molecule has 0 N–H and O–H groups in total. The second kappa shape index (κ2) is 6.15. The zero-order valence-corrected chi connectivity index (χ0v) is 14.5. The topological polar surface area (TPSA) is 18.5 Å². The van der Waals surface area contributed by atoms with Gasteiger partial charge in [-0.25, -0.2) is 0 Å². The van der Waals surface area contributed by atoms with Crippen LogP contribution in [-0.2, 0) is 8.85 Å². The van der Waals surface area contributed by atoms with Crippen LogP contribution in [0.15, 0.2) is 24.3 Å². The molecule has 2 nitrogen and oxygen atoms in total. The van der Waals surface area contributed by atoms with E-state index in [1.165, 1.54) is 10.4 Å². The first kappa shape index (κ1) is 15.6. The molecule has 0 heterocycles. The highest BCUT2D eigenvalue weighted by Crippen LogP contribution is 2.08. The van der Waals surface area contributed by atoms with Crippen molar-refractivity contribution >= 4 is 27.0 Å². The fourth-order valence-corrected chi connectivity index (χ4v) is 6.08. The number of benzene rings is 1. The fraction of sp³-hybridized carbons (Fsp3) is 0.571. The highest BCUT2D eigenvalue weighted by atomic mass is 28.4. The molecule has 4 heteroatoms. The van der Waals surface area contributed by atoms with E-state index in [1.807, 2.05) is 0 Å². The van der Waals surface area contributed by atoms with Gasteiger partial charge in [0, 0.05) is 13.2 Å². The van der Waals surface area contributed by atoms with Gasteiger partial charge in [0.05, 0.1) is 0 Å². The monoisotopic (exact) mass is 282 g/mol. The Morgan fingerprint density at radius 2 is 1.22 bits per heavy atom. The third-order valence-electron chi connectivity index (χ3n) is 3.26. The van der Waals surface area contributed by atoms with E-state index in [-0.39, 0.29) is 0 Å². The molecule has 0 saturated carbocycles. The van der Waals surface area contributed by atoms with E-state index in [0.29, 0.717) is 0 Å². The fourth-order valence-electron chi connectivity index (χ4n) is 2.16. The molecule has 0 radical (unpaired) electrons. The van der Waals surface area contributed by atoms with E-state index in [9.17, 15) is 0 Å². The maximum Gasteiger partial charge on any atom is 0.218 e. The Labute approximate surface area is 114 Å². The van der Waals surface area contributed by atoms with Gasteiger partial charge in [0.25, 0.3) is 0 Å². The summed E-state index contributed by atoms with van der Waals surface area (Å²) in [5.74, 6) is 0. The summed E-state index contributed by atoms with van der Waals surface area (Å²) in [6.07, 6.45) is 0. The molecule has 0 aliphatic heterocycles. The second-order valence-corrected chi connectivity index (χ2v) is 13.2. The molecule has 18 heavy (non-hydrogen) atoms. The van der Waals surface area contributed by atoms with E-state index in [0.717, 1.165) is 13.2 Å². The third-order valence-corrected chi connectivity index (χ3v) is 8.69. The van der Waals surface area contributed by atoms with Crippen molar-refractivity contribution in [1.82, 2.24) is 0 Å². The zero-order chi connectivity index (χ0) is 13.8. The molecular formula is C14H26O2Si2. The summed E-state index contributed by atoms with van der Waals surface area (Å²) in [5.41, 5.74) is 0. The highest BCUT2D eigenvalue weighted by Gasteiger charge is 2.29. The highest BCUT2D eigenvalue weighted by molar-refractivity contribution is 6.87. The van der Waals surface area contributed by atoms with Crippen LogP contribution in [0.2, 0.25) is 26.2 Å². The van der Waals surface area contributed by atoms with Crippen LogP contribution in [0.3, 0.4) is 0 Å². The standard InChI is InChI=1S/C14H26O2Si2/c1-7-15-17(3,4)13-10-9-11-14(12-13)18(5,6)16-8-2/h9-12H,7-8H2,1-6H3. The number of hydrogen-bond acceptors (Lipinski definition) is 2. The van der Waals surface area contributed by atoms with Crippen LogP contribution in [-0.4, -0.2) is 29.8 Å². The largest absolute Gasteiger partial charge is 0.413 e. The maximum atomic E-state index is 5.96. The summed E-state index contributed by atoms with van der Waals surface area (Å²) in [4.78, 5) is 0. The predicted molar refractivity (Wildman–Crippen MR) is 83.9 cm³/mol. The molecule has 1 aromatic rings. The second-order valence-electron chi connectivity index (χ2n) is 5.47. The SMILES string of the molecule is CCO[Si](C)(C)c1cccc([Si](C)(C)OCC)c1. The Kier molecular flexibility index (Phi) is 5.34. The molecule has 0 bridgehead atoms. The van der Waals surface area contributed by atoms with Crippen molar-refractivity contribution in [3.05, 3.63) is 24.3 Å². The smallest absolute Gasteiger partial charge is 0.218 e. The number of rotatable bonds is 6. The van der Waals surface area contributed by atoms with Crippen LogP contribution in [0, 0.1) is 0 Å². The minimum Gasteiger partial charge on any atom is -0.413 e. The van der Waals surface area contributed by atoms with Gasteiger partial charge in [0.2, 0.25) is 16.6 Å². The van der Waals surface area contributed by atoms with E-state index < -0.39 is 16.6 Å². The van der Waals surface area contributed by atoms with Crippen molar-refractivity contribution < 1.29 is 8.85 Å². The van der Waals surface area contributed by atoms with Gasteiger partial charge in [0.15, 0.2) is 0 Å². The summed E-state index contributed by atoms with van der Waals surface area (Å²) in [6.45, 7) is 14.7. The van der Waals surface area contributed by atoms with E-state index >= 15 is 0 Å². The summed E-state index contributed by atoms with van der Waals surface area (Å²) < 4.78 is 11.9. The lowest BCUT2D eigenvalue weighted by atomic mass is 10.4. The first-order valence-electron chi connectivity index (χ1n) is 6.72. The van der Waals surface area contributed by atoms with Crippen LogP contribution in [0.5, 0.6) is 0 Å². The van der Waals surface area contributed by atoms with Crippen LogP contribution < -0.4 is 10.4 Å². The predicted octanol–water partition coefficient (Wildman–Crippen LogP) is 2.58. The molecule has 0 aromatic heterocycles. The summed E-state index contributed by atoms with van der Waals surface area (Å²) >= 11 is 0. The van der Waals surface area contributed by atoms with Crippen LogP contribution >= 0.6 is 0 Å². The molecule has 0 spiro atoms. The van der Waals surface area contributed by atoms with E-state index in [1.54, 1.807) is 0 Å². The molecule has 0 amide bonds. The molecule has 0 unspecified atom stereocenters. The molecule has 1 rings (SSSR count). The zero-order valence-electron chi connectivity index (χ0n) is 12.5. The Balaban J connectivity index is 3.06. The minimum atomic E-state index is -1.75. The van der Waals surface area contributed by atoms with Gasteiger partial charge < -0.3 is 8.85 Å². The van der Waals surface area contributed by atoms with E-state index in [4.69, 9.17) is 8.85 Å². The average Bonchev–Trinajstić information content (AvgIpc) is 2.29. The minimum absolute atomic E-state index is 0.787. The van der Waals surface area contributed by atoms with Gasteiger partial charge in [-0.3, -0.25) is 0 Å². The normalized spacial score (nSPS) is 12.8. The quantitative estimate of drug-likeness (QED) is 0.747. The Hall–Kier alpha value is -0.426. The molecular weight excluding hydrogens is 256 g/mol. The average molecular weight is 283 g/mol. The Bertz CT molecular complexity index is 356. The van der Waals surface area contributed by atoms with Crippen LogP contribution in [0.25, 0.3) is 0 Å². The van der Waals surface area contributed by atoms with Gasteiger partial charge in [-0.2, -0.15) is 0 Å². The van der Waals surface area contributed by atoms with Gasteiger partial charge in [-0.05, 0) is 50.4 Å². The van der Waals surface area contributed by atoms with Gasteiger partial charge in [-0.1, -0.05) is 24.3 Å². The van der Waals surface area contributed by atoms with Crippen LogP contribution in [0.1, 0.15) is 13.8 Å². The maximum absolute atomic E-state index is 5.96. The van der Waals surface area contributed by atoms with Gasteiger partial charge >= 0.3 is 0 Å². The Morgan fingerprint density at radius 1 is 0.833 bits per heavy atom. The van der Waals surface area contributed by atoms with Crippen molar-refractivity contribution in [1.29, 1.82) is 0 Å². The summed E-state index contributed by atoms with van der Waals surface area (Å²) in [7, 11) is -3.49. The molecule has 0 saturated heterocycles. The van der Waals surface area contributed by atoms with Gasteiger partial charge in [0.1, 0.15) is 0 Å². The van der Waals surface area contributed by atoms with Crippen molar-refractivity contribution in [2.75, 3.05) is 13.2 Å². The molecule has 0 atom stereocenters. The molecule has 102 valence electrons. The Morgan fingerprint density at radius 3 is 1.56 bits per heavy atom. The molecule has 0 aliphatic carbocycles. The van der Waals surface area contributed by atoms with Gasteiger partial charge in [-0.15, -0.1) is 0 Å². The van der Waals surface area contributed by atoms with E-state index in [2.05, 4.69) is 64.3 Å². The molecule has 1 aromatic carbocycles. The van der Waals surface area contributed by atoms with Crippen molar-refractivity contribution in [3.63, 3.8) is 0 Å². The third kappa shape index (κ3) is 3.78. The first-order valence-corrected chi connectivity index (χ1v) is 12.5. The van der Waals surface area contributed by atoms with Crippen LogP contribution in [0.4, 0.5) is 0 Å². The number of hydrogen-bond donors (Lipinski definition) is 0. The molecule has 0 aliphatic rings. The lowest BCUT2D eigenvalue weighted by Crippen LogP contribution is -2.50. The van der Waals surface area contributed by atoms with Crippen molar-refractivity contribution in [2.45, 2.75) is 40.0 Å². The first-order chi connectivity index (χ1) is 8.33. The summed E-state index contributed by atoms with van der Waals surface area (Å²) in [6, 6.07) is 8.85. The lowest BCUT2D eigenvalue weighted by Gasteiger charge is -2.27. The summed E-state index contributed by atoms with van der Waals surface area (Å²) in [5, 5.41) is 2.73. The lowest BCUT2D eigenvalue weighted by molar-refractivity contribution is 0.338. The van der Waals surface area contributed by atoms with Crippen molar-refractivity contribution in [2.24, 2.45) is 0 Å². The van der Waals surface area contributed by atoms with Crippen molar-refractivity contribution in [3.8, 4) is 0 Å². The molecule has 0 fully saturated rings.